The van der Waals surface area contributed by atoms with Gasteiger partial charge in [-0.15, -0.1) is 11.3 Å². The largest absolute Gasteiger partial charge is 0.376 e. The van der Waals surface area contributed by atoms with Crippen LogP contribution >= 0.6 is 11.3 Å². The van der Waals surface area contributed by atoms with Gasteiger partial charge >= 0.3 is 6.85 Å². The predicted octanol–water partition coefficient (Wildman–Crippen LogP) is 19.3. The van der Waals surface area contributed by atoms with Gasteiger partial charge in [0.05, 0.1) is 11.4 Å². The first kappa shape index (κ1) is 50.0. The molecule has 3 aliphatic rings. The zero-order chi connectivity index (χ0) is 53.4. The monoisotopic (exact) mass is 1010 g/mol. The van der Waals surface area contributed by atoms with Gasteiger partial charge in [-0.2, -0.15) is 0 Å². The van der Waals surface area contributed by atoms with E-state index in [1.54, 1.807) is 0 Å². The molecule has 0 radical (unpaired) electrons. The second-order valence-electron chi connectivity index (χ2n) is 26.6. The molecule has 76 heavy (non-hydrogen) atoms. The summed E-state index contributed by atoms with van der Waals surface area (Å²) >= 11 is 1.97. The highest BCUT2D eigenvalue weighted by Gasteiger charge is 2.48. The summed E-state index contributed by atoms with van der Waals surface area (Å²) in [4.78, 5) is 7.88. The lowest BCUT2D eigenvalue weighted by atomic mass is 9.46. The van der Waals surface area contributed by atoms with E-state index in [2.05, 4.69) is 281 Å². The molecule has 5 heteroatoms. The van der Waals surface area contributed by atoms with Crippen molar-refractivity contribution in [1.29, 1.82) is 0 Å². The molecule has 0 N–H and O–H groups in total. The van der Waals surface area contributed by atoms with E-state index in [1.807, 2.05) is 11.3 Å². The average molecular weight is 1010 g/mol. The van der Waals surface area contributed by atoms with Crippen molar-refractivity contribution in [2.45, 2.75) is 137 Å². The number of benzene rings is 8. The Morgan fingerprint density at radius 1 is 0.487 bits per heavy atom. The smallest absolute Gasteiger partial charge is 0.343 e. The van der Waals surface area contributed by atoms with Crippen LogP contribution in [0.1, 0.15) is 136 Å². The van der Waals surface area contributed by atoms with E-state index >= 15 is 0 Å². The van der Waals surface area contributed by atoms with Crippen LogP contribution < -0.4 is 24.9 Å². The molecular weight excluding hydrogens is 938 g/mol. The standard InChI is InChI=1S/C71H74BN3S/c1-45-40-57-56-43-52(73(50-29-24-47(25-30-50)67(2,3)4)51-31-26-48(27-32-51)68(5,6)7)34-37-61(56)75(53-33-35-58-59(44-53)71(13,14)39-38-70(58,11)12)72-64(57)62(41-45)74(65-54-22-18-19-23-63(54)76-66(65)72)60-36-28-49(69(8,9)10)42-55(60)46-20-16-15-17-21-46/h15-37,40-44H,38-39H2,1-14H3. The molecule has 0 atom stereocenters. The maximum absolute atomic E-state index is 2.74. The Kier molecular flexibility index (Phi) is 11.6. The Morgan fingerprint density at radius 3 is 1.68 bits per heavy atom. The van der Waals surface area contributed by atoms with Crippen LogP contribution in [0.4, 0.5) is 45.5 Å². The first-order chi connectivity index (χ1) is 36.0. The van der Waals surface area contributed by atoms with Gasteiger partial charge in [-0.25, -0.2) is 0 Å². The van der Waals surface area contributed by atoms with Gasteiger partial charge in [0.25, 0.3) is 0 Å². The summed E-state index contributed by atoms with van der Waals surface area (Å²) in [5.41, 5.74) is 24.3. The Labute approximate surface area is 458 Å². The normalized spacial score (nSPS) is 15.5. The highest BCUT2D eigenvalue weighted by molar-refractivity contribution is 7.32. The molecule has 9 aromatic rings. The summed E-state index contributed by atoms with van der Waals surface area (Å²) in [7, 11) is 0. The van der Waals surface area contributed by atoms with Crippen LogP contribution in [0.25, 0.3) is 32.3 Å². The molecule has 0 saturated heterocycles. The Hall–Kier alpha value is -6.82. The van der Waals surface area contributed by atoms with Crippen molar-refractivity contribution in [2.24, 2.45) is 0 Å². The van der Waals surface area contributed by atoms with Gasteiger partial charge in [0, 0.05) is 60.1 Å². The summed E-state index contributed by atoms with van der Waals surface area (Å²) in [5, 5.41) is 1.29. The number of hydrogen-bond acceptors (Lipinski definition) is 4. The van der Waals surface area contributed by atoms with Gasteiger partial charge in [0.15, 0.2) is 0 Å². The summed E-state index contributed by atoms with van der Waals surface area (Å²) in [6, 6.07) is 65.9. The summed E-state index contributed by atoms with van der Waals surface area (Å²) < 4.78 is 2.67. The van der Waals surface area contributed by atoms with Crippen LogP contribution in [-0.4, -0.2) is 6.85 Å². The molecule has 0 bridgehead atoms. The fourth-order valence-electron chi connectivity index (χ4n) is 12.6. The first-order valence-electron chi connectivity index (χ1n) is 27.7. The zero-order valence-corrected chi connectivity index (χ0v) is 48.2. The van der Waals surface area contributed by atoms with Gasteiger partial charge in [-0.05, 0) is 176 Å². The molecule has 382 valence electrons. The molecule has 0 amide bonds. The molecule has 0 unspecified atom stereocenters. The van der Waals surface area contributed by atoms with E-state index in [9.17, 15) is 0 Å². The number of thiophene rings is 1. The maximum Gasteiger partial charge on any atom is 0.343 e. The Morgan fingerprint density at radius 2 is 1.05 bits per heavy atom. The van der Waals surface area contributed by atoms with Crippen LogP contribution in [-0.2, 0) is 27.1 Å². The molecule has 2 aliphatic heterocycles. The second kappa shape index (κ2) is 17.6. The molecule has 8 aromatic carbocycles. The SMILES string of the molecule is Cc1cc2c3c(c1)N(c1ccc(C(C)(C)C)cc1-c1ccccc1)c1c(sc4ccccc14)B3N(c1ccc3c(c1)C(C)(C)CCC3(C)C)c1ccc(N(c3ccc(C(C)(C)C)cc3)c3ccc(C(C)(C)C)cc3)cc1-2. The number of hydrogen-bond donors (Lipinski definition) is 0. The Bertz CT molecular complexity index is 3670. The number of aryl methyl sites for hydroxylation is 1. The number of anilines is 8. The number of nitrogens with zero attached hydrogens (tertiary/aromatic N) is 3. The lowest BCUT2D eigenvalue weighted by Gasteiger charge is -2.46. The highest BCUT2D eigenvalue weighted by Crippen LogP contribution is 2.55. The van der Waals surface area contributed by atoms with Crippen LogP contribution in [0.5, 0.6) is 0 Å². The third-order valence-corrected chi connectivity index (χ3v) is 18.4. The van der Waals surface area contributed by atoms with E-state index < -0.39 is 0 Å². The Balaban J connectivity index is 1.16. The van der Waals surface area contributed by atoms with Gasteiger partial charge in [-0.3, -0.25) is 0 Å². The van der Waals surface area contributed by atoms with Crippen LogP contribution in [0, 0.1) is 6.92 Å². The molecular formula is C71H74BN3S. The summed E-state index contributed by atoms with van der Waals surface area (Å²) in [6.45, 7) is 32.8. The van der Waals surface area contributed by atoms with E-state index in [0.29, 0.717) is 0 Å². The topological polar surface area (TPSA) is 9.72 Å². The third-order valence-electron chi connectivity index (χ3n) is 17.2. The molecule has 0 fully saturated rings. The summed E-state index contributed by atoms with van der Waals surface area (Å²) in [6.07, 6.45) is 2.33. The minimum atomic E-state index is -0.0922. The highest BCUT2D eigenvalue weighted by atomic mass is 32.1. The van der Waals surface area contributed by atoms with E-state index in [0.717, 1.165) is 23.5 Å². The van der Waals surface area contributed by atoms with Crippen LogP contribution in [0.15, 0.2) is 170 Å². The third kappa shape index (κ3) is 8.31. The van der Waals surface area contributed by atoms with Gasteiger partial charge in [0.1, 0.15) is 0 Å². The molecule has 1 aromatic heterocycles. The van der Waals surface area contributed by atoms with Crippen molar-refractivity contribution < 1.29 is 0 Å². The number of fused-ring (bicyclic) bond motifs is 7. The van der Waals surface area contributed by atoms with Crippen molar-refractivity contribution in [2.75, 3.05) is 14.6 Å². The van der Waals surface area contributed by atoms with Crippen molar-refractivity contribution in [1.82, 2.24) is 0 Å². The number of rotatable bonds is 6. The molecule has 3 heterocycles. The molecule has 12 rings (SSSR count). The van der Waals surface area contributed by atoms with Crippen LogP contribution in [0.2, 0.25) is 0 Å². The lowest BCUT2D eigenvalue weighted by molar-refractivity contribution is 0.332. The quantitative estimate of drug-likeness (QED) is 0.154. The minimum absolute atomic E-state index is 0.0322. The fraction of sp³-hybridized carbons (Fsp3) is 0.296. The minimum Gasteiger partial charge on any atom is -0.376 e. The molecule has 0 saturated carbocycles. The van der Waals surface area contributed by atoms with Crippen molar-refractivity contribution in [3.8, 4) is 22.3 Å². The molecule has 3 nitrogen and oxygen atoms in total. The van der Waals surface area contributed by atoms with Crippen LogP contribution in [0.3, 0.4) is 0 Å². The lowest BCUT2D eigenvalue weighted by Crippen LogP contribution is -2.60. The van der Waals surface area contributed by atoms with Gasteiger partial charge in [0.2, 0.25) is 0 Å². The van der Waals surface area contributed by atoms with E-state index in [-0.39, 0.29) is 33.9 Å². The zero-order valence-electron chi connectivity index (χ0n) is 47.4. The van der Waals surface area contributed by atoms with Crippen molar-refractivity contribution in [3.05, 3.63) is 203 Å². The van der Waals surface area contributed by atoms with Crippen molar-refractivity contribution in [3.63, 3.8) is 0 Å². The molecule has 1 aliphatic carbocycles. The second-order valence-corrected chi connectivity index (χ2v) is 27.7. The average Bonchev–Trinajstić information content (AvgIpc) is 3.88. The predicted molar refractivity (Wildman–Crippen MR) is 332 cm³/mol. The summed E-state index contributed by atoms with van der Waals surface area (Å²) in [5.74, 6) is 0. The fourth-order valence-corrected chi connectivity index (χ4v) is 13.9. The van der Waals surface area contributed by atoms with Crippen molar-refractivity contribution >= 4 is 84.0 Å². The molecule has 0 spiro atoms. The van der Waals surface area contributed by atoms with Gasteiger partial charge in [-0.1, -0.05) is 181 Å². The van der Waals surface area contributed by atoms with E-state index in [1.165, 1.54) is 111 Å². The maximum atomic E-state index is 2.74. The van der Waals surface area contributed by atoms with Gasteiger partial charge < -0.3 is 14.6 Å². The first-order valence-corrected chi connectivity index (χ1v) is 28.6. The van der Waals surface area contributed by atoms with E-state index in [4.69, 9.17) is 0 Å².